The molecule has 1 aliphatic heterocycles. The summed E-state index contributed by atoms with van der Waals surface area (Å²) in [7, 11) is 2.07. The molecule has 3 aromatic carbocycles. The van der Waals surface area contributed by atoms with Crippen molar-refractivity contribution in [3.8, 4) is 11.1 Å². The summed E-state index contributed by atoms with van der Waals surface area (Å²) in [6.07, 6.45) is 3.51. The molecular weight excluding hydrogens is 404 g/mol. The van der Waals surface area contributed by atoms with Crippen molar-refractivity contribution in [3.05, 3.63) is 125 Å². The Kier molecular flexibility index (Phi) is 5.57. The van der Waals surface area contributed by atoms with Gasteiger partial charge in [0.2, 0.25) is 0 Å². The van der Waals surface area contributed by atoms with E-state index in [1.54, 1.807) is 6.20 Å². The maximum Gasteiger partial charge on any atom is 0.159 e. The molecule has 4 aromatic rings. The lowest BCUT2D eigenvalue weighted by molar-refractivity contribution is 0.383. The number of aromatic nitrogens is 1. The van der Waals surface area contributed by atoms with E-state index in [2.05, 4.69) is 110 Å². The molecule has 0 spiro atoms. The first kappa shape index (κ1) is 20.8. The van der Waals surface area contributed by atoms with Crippen LogP contribution >= 0.6 is 0 Å². The van der Waals surface area contributed by atoms with Crippen LogP contribution in [-0.4, -0.2) is 28.6 Å². The van der Waals surface area contributed by atoms with E-state index >= 15 is 0 Å². The number of amidine groups is 2. The molecule has 0 saturated heterocycles. The van der Waals surface area contributed by atoms with Crippen LogP contribution < -0.4 is 0 Å². The van der Waals surface area contributed by atoms with Gasteiger partial charge in [-0.1, -0.05) is 77.9 Å². The Labute approximate surface area is 195 Å². The fourth-order valence-corrected chi connectivity index (χ4v) is 4.18. The first-order chi connectivity index (χ1) is 16.1. The van der Waals surface area contributed by atoms with Crippen molar-refractivity contribution in [1.82, 2.24) is 9.88 Å². The van der Waals surface area contributed by atoms with Gasteiger partial charge < -0.3 is 4.90 Å². The predicted molar refractivity (Wildman–Crippen MR) is 136 cm³/mol. The van der Waals surface area contributed by atoms with Gasteiger partial charge >= 0.3 is 0 Å². The summed E-state index contributed by atoms with van der Waals surface area (Å²) in [5.74, 6) is 1.68. The average Bonchev–Trinajstić information content (AvgIpc) is 2.85. The highest BCUT2D eigenvalue weighted by molar-refractivity contribution is 6.13. The van der Waals surface area contributed by atoms with Crippen LogP contribution in [0.5, 0.6) is 0 Å². The molecule has 0 N–H and O–H groups in total. The van der Waals surface area contributed by atoms with Crippen LogP contribution in [0.25, 0.3) is 11.1 Å². The Morgan fingerprint density at radius 1 is 0.697 bits per heavy atom. The summed E-state index contributed by atoms with van der Waals surface area (Å²) in [4.78, 5) is 16.5. The quantitative estimate of drug-likeness (QED) is 0.387. The number of hydrogen-bond donors (Lipinski definition) is 0. The number of nitrogens with zero attached hydrogens (tertiary/aromatic N) is 4. The number of benzene rings is 3. The van der Waals surface area contributed by atoms with E-state index in [0.717, 1.165) is 39.5 Å². The van der Waals surface area contributed by atoms with Gasteiger partial charge in [0, 0.05) is 30.6 Å². The smallest absolute Gasteiger partial charge is 0.159 e. The monoisotopic (exact) mass is 430 g/mol. The van der Waals surface area contributed by atoms with Crippen molar-refractivity contribution in [3.63, 3.8) is 0 Å². The van der Waals surface area contributed by atoms with Crippen molar-refractivity contribution in [1.29, 1.82) is 0 Å². The summed E-state index contributed by atoms with van der Waals surface area (Å²) in [5, 5.41) is 0. The molecule has 5 rings (SSSR count). The average molecular weight is 431 g/mol. The van der Waals surface area contributed by atoms with E-state index in [0.29, 0.717) is 0 Å². The summed E-state index contributed by atoms with van der Waals surface area (Å²) in [6, 6.07) is 29.5. The van der Waals surface area contributed by atoms with Crippen LogP contribution in [0.2, 0.25) is 0 Å². The highest BCUT2D eigenvalue weighted by Crippen LogP contribution is 2.30. The third kappa shape index (κ3) is 4.33. The van der Waals surface area contributed by atoms with Gasteiger partial charge in [0.15, 0.2) is 5.84 Å². The van der Waals surface area contributed by atoms with Gasteiger partial charge in [-0.05, 0) is 48.7 Å². The van der Waals surface area contributed by atoms with E-state index in [1.807, 2.05) is 12.3 Å². The zero-order valence-corrected chi connectivity index (χ0v) is 19.1. The Morgan fingerprint density at radius 3 is 2.03 bits per heavy atom. The molecule has 0 radical (unpaired) electrons. The summed E-state index contributed by atoms with van der Waals surface area (Å²) >= 11 is 0. The van der Waals surface area contributed by atoms with Gasteiger partial charge in [-0.25, -0.2) is 9.98 Å². The van der Waals surface area contributed by atoms with Crippen LogP contribution in [0.15, 0.2) is 107 Å². The minimum absolute atomic E-state index is 0.170. The molecule has 0 bridgehead atoms. The summed E-state index contributed by atoms with van der Waals surface area (Å²) < 4.78 is 0. The standard InChI is InChI=1S/C29H26N4/c1-20-7-4-9-24(17-20)27-31-28(33(3)29(32-27)25-10-5-8-21(2)18-25)23-14-12-22(13-15-23)26-11-6-16-30-19-26/h4-19,28H,1-3H3. The lowest BCUT2D eigenvalue weighted by atomic mass is 10.0. The Balaban J connectivity index is 1.58. The number of hydrogen-bond acceptors (Lipinski definition) is 4. The Morgan fingerprint density at radius 2 is 1.36 bits per heavy atom. The normalized spacial score (nSPS) is 15.7. The fraction of sp³-hybridized carbons (Fsp3) is 0.138. The van der Waals surface area contributed by atoms with Crippen molar-refractivity contribution < 1.29 is 0 Å². The van der Waals surface area contributed by atoms with Crippen LogP contribution in [-0.2, 0) is 0 Å². The number of aliphatic imine (C=N–C) groups is 2. The first-order valence-electron chi connectivity index (χ1n) is 11.1. The Hall–Kier alpha value is -4.05. The molecule has 0 fully saturated rings. The third-order valence-corrected chi connectivity index (χ3v) is 5.91. The molecule has 0 amide bonds. The first-order valence-corrected chi connectivity index (χ1v) is 11.1. The molecular formula is C29H26N4. The minimum atomic E-state index is -0.170. The number of aryl methyl sites for hydroxylation is 2. The molecule has 2 heterocycles. The van der Waals surface area contributed by atoms with Crippen molar-refractivity contribution in [2.24, 2.45) is 9.98 Å². The second-order valence-electron chi connectivity index (χ2n) is 8.48. The van der Waals surface area contributed by atoms with E-state index in [1.165, 1.54) is 11.1 Å². The molecule has 0 saturated carbocycles. The topological polar surface area (TPSA) is 40.9 Å². The SMILES string of the molecule is Cc1cccc(C2=NC(c3ccc(-c4cccnc4)cc3)N(C)C(c3cccc(C)c3)=N2)c1. The highest BCUT2D eigenvalue weighted by atomic mass is 15.3. The molecule has 1 aromatic heterocycles. The van der Waals surface area contributed by atoms with Crippen molar-refractivity contribution in [2.45, 2.75) is 20.0 Å². The third-order valence-electron chi connectivity index (χ3n) is 5.91. The largest absolute Gasteiger partial charge is 0.333 e. The molecule has 33 heavy (non-hydrogen) atoms. The highest BCUT2D eigenvalue weighted by Gasteiger charge is 2.26. The van der Waals surface area contributed by atoms with Gasteiger partial charge in [-0.3, -0.25) is 4.98 Å². The van der Waals surface area contributed by atoms with Gasteiger partial charge in [0.05, 0.1) is 0 Å². The van der Waals surface area contributed by atoms with Gasteiger partial charge in [0.1, 0.15) is 12.0 Å². The van der Waals surface area contributed by atoms with Gasteiger partial charge in [0.25, 0.3) is 0 Å². The maximum absolute atomic E-state index is 5.09. The van der Waals surface area contributed by atoms with E-state index in [9.17, 15) is 0 Å². The molecule has 1 unspecified atom stereocenters. The lowest BCUT2D eigenvalue weighted by Crippen LogP contribution is -2.35. The maximum atomic E-state index is 5.09. The molecule has 4 heteroatoms. The molecule has 162 valence electrons. The number of rotatable bonds is 4. The second kappa shape index (κ2) is 8.83. The molecule has 1 atom stereocenters. The van der Waals surface area contributed by atoms with E-state index in [4.69, 9.17) is 9.98 Å². The van der Waals surface area contributed by atoms with Crippen LogP contribution in [0.4, 0.5) is 0 Å². The fourth-order valence-electron chi connectivity index (χ4n) is 4.18. The van der Waals surface area contributed by atoms with E-state index in [-0.39, 0.29) is 6.17 Å². The predicted octanol–water partition coefficient (Wildman–Crippen LogP) is 6.20. The lowest BCUT2D eigenvalue weighted by Gasteiger charge is -2.32. The molecule has 4 nitrogen and oxygen atoms in total. The van der Waals surface area contributed by atoms with Crippen LogP contribution in [0.1, 0.15) is 34.0 Å². The van der Waals surface area contributed by atoms with Crippen molar-refractivity contribution in [2.75, 3.05) is 7.05 Å². The van der Waals surface area contributed by atoms with Crippen LogP contribution in [0, 0.1) is 13.8 Å². The minimum Gasteiger partial charge on any atom is -0.333 e. The molecule has 0 aliphatic carbocycles. The summed E-state index contributed by atoms with van der Waals surface area (Å²) in [5.41, 5.74) is 7.89. The zero-order chi connectivity index (χ0) is 22.8. The van der Waals surface area contributed by atoms with Gasteiger partial charge in [-0.15, -0.1) is 0 Å². The number of pyridine rings is 1. The molecule has 1 aliphatic rings. The Bertz CT molecular complexity index is 1340. The van der Waals surface area contributed by atoms with Crippen molar-refractivity contribution >= 4 is 11.7 Å². The van der Waals surface area contributed by atoms with E-state index < -0.39 is 0 Å². The summed E-state index contributed by atoms with van der Waals surface area (Å²) in [6.45, 7) is 4.20. The van der Waals surface area contributed by atoms with Crippen LogP contribution in [0.3, 0.4) is 0 Å². The van der Waals surface area contributed by atoms with Gasteiger partial charge in [-0.2, -0.15) is 0 Å². The zero-order valence-electron chi connectivity index (χ0n) is 19.1. The second-order valence-corrected chi connectivity index (χ2v) is 8.48.